The van der Waals surface area contributed by atoms with Crippen molar-refractivity contribution in [2.45, 2.75) is 110 Å². The number of hydrogen-bond acceptors (Lipinski definition) is 5. The molecule has 1 atom stereocenters. The maximum absolute atomic E-state index is 12.5. The van der Waals surface area contributed by atoms with Gasteiger partial charge in [-0.1, -0.05) is 70.4 Å². The average Bonchev–Trinajstić information content (AvgIpc) is 2.75. The Morgan fingerprint density at radius 2 is 1.17 bits per heavy atom. The molecule has 0 aromatic carbocycles. The van der Waals surface area contributed by atoms with Gasteiger partial charge in [0.2, 0.25) is 5.91 Å². The Bertz CT molecular complexity index is 575. The Kier molecular flexibility index (Phi) is 31.6. The van der Waals surface area contributed by atoms with Gasteiger partial charge in [0.15, 0.2) is 0 Å². The Morgan fingerprint density at radius 1 is 0.722 bits per heavy atom. The Labute approximate surface area is 262 Å². The molecule has 0 bridgehead atoms. The number of nitrogens with zero attached hydrogens (tertiary/aromatic N) is 2. The summed E-state index contributed by atoms with van der Waals surface area (Å²) in [6, 6.07) is 0. The second-order valence-corrected chi connectivity index (χ2v) is 9.05. The zero-order valence-electron chi connectivity index (χ0n) is 21.4. The van der Waals surface area contributed by atoms with Crippen molar-refractivity contribution in [1.29, 1.82) is 0 Å². The number of unbranched alkanes of at least 4 members (excludes halogenated alkanes) is 11. The van der Waals surface area contributed by atoms with Crippen LogP contribution in [0.5, 0.6) is 0 Å². The molecule has 0 radical (unpaired) electrons. The fraction of sp³-hybridized carbons (Fsp3) is 0.808. The summed E-state index contributed by atoms with van der Waals surface area (Å²) in [5, 5.41) is 27.8. The average molecular weight is 533 g/mol. The summed E-state index contributed by atoms with van der Waals surface area (Å²) < 4.78 is 0. The van der Waals surface area contributed by atoms with Gasteiger partial charge in [0.05, 0.1) is 13.1 Å². The van der Waals surface area contributed by atoms with Crippen LogP contribution in [0.15, 0.2) is 12.2 Å². The van der Waals surface area contributed by atoms with Crippen molar-refractivity contribution in [3.8, 4) is 0 Å². The van der Waals surface area contributed by atoms with E-state index in [1.165, 1.54) is 61.7 Å². The van der Waals surface area contributed by atoms with Crippen molar-refractivity contribution in [1.82, 2.24) is 9.80 Å². The van der Waals surface area contributed by atoms with Crippen molar-refractivity contribution in [3.63, 3.8) is 0 Å². The fourth-order valence-corrected chi connectivity index (χ4v) is 3.86. The van der Waals surface area contributed by atoms with Crippen LogP contribution >= 0.6 is 0 Å². The number of carboxylic acids is 2. The van der Waals surface area contributed by atoms with Crippen LogP contribution in [-0.4, -0.2) is 134 Å². The van der Waals surface area contributed by atoms with Gasteiger partial charge < -0.3 is 20.2 Å². The molecule has 0 fully saturated rings. The Balaban J connectivity index is -0.00000544. The number of aliphatic carboxylic acids is 2. The predicted octanol–water partition coefficient (Wildman–Crippen LogP) is 3.37. The second-order valence-electron chi connectivity index (χ2n) is 9.05. The number of allylic oxidation sites excluding steroid dienone is 2. The molecule has 10 heteroatoms. The number of carbonyl (C=O) groups is 3. The van der Waals surface area contributed by atoms with Crippen molar-refractivity contribution in [2.75, 3.05) is 26.2 Å². The molecule has 0 aliphatic carbocycles. The van der Waals surface area contributed by atoms with E-state index in [1.54, 1.807) is 0 Å². The zero-order chi connectivity index (χ0) is 25.6. The van der Waals surface area contributed by atoms with Gasteiger partial charge in [-0.2, -0.15) is 0 Å². The van der Waals surface area contributed by atoms with Crippen LogP contribution in [0.3, 0.4) is 0 Å². The number of hydrogen-bond donors (Lipinski definition) is 3. The van der Waals surface area contributed by atoms with Crippen molar-refractivity contribution in [2.24, 2.45) is 0 Å². The summed E-state index contributed by atoms with van der Waals surface area (Å²) in [5.74, 6) is -2.47. The van der Waals surface area contributed by atoms with Gasteiger partial charge in [0.1, 0.15) is 6.23 Å². The summed E-state index contributed by atoms with van der Waals surface area (Å²) in [6.07, 6.45) is 19.2. The third-order valence-electron chi connectivity index (χ3n) is 5.80. The third-order valence-corrected chi connectivity index (χ3v) is 5.80. The van der Waals surface area contributed by atoms with Crippen LogP contribution in [0.4, 0.5) is 0 Å². The van der Waals surface area contributed by atoms with Crippen molar-refractivity contribution >= 4 is 77.0 Å². The molecule has 202 valence electrons. The van der Waals surface area contributed by atoms with Gasteiger partial charge >= 0.3 is 71.1 Å². The minimum atomic E-state index is -1.13. The first-order valence-corrected chi connectivity index (χ1v) is 13.1. The van der Waals surface area contributed by atoms with Gasteiger partial charge in [-0.15, -0.1) is 0 Å². The van der Waals surface area contributed by atoms with Gasteiger partial charge in [-0.05, 0) is 39.0 Å². The van der Waals surface area contributed by atoms with Crippen molar-refractivity contribution in [3.05, 3.63) is 12.2 Å². The van der Waals surface area contributed by atoms with Gasteiger partial charge in [-0.25, -0.2) is 0 Å². The van der Waals surface area contributed by atoms with E-state index >= 15 is 0 Å². The van der Waals surface area contributed by atoms with E-state index in [0.29, 0.717) is 6.42 Å². The minimum absolute atomic E-state index is 0. The summed E-state index contributed by atoms with van der Waals surface area (Å²) in [6.45, 7) is 3.02. The maximum atomic E-state index is 12.5. The molecular weight excluding hydrogens is 482 g/mol. The fourth-order valence-electron chi connectivity index (χ4n) is 3.86. The molecule has 0 spiro atoms. The quantitative estimate of drug-likeness (QED) is 0.0799. The SMILES string of the molecule is CCCCCCCC/C=C\CCCCCCCC(=O)N(CCN(CC(=O)O)CC(=O)O)C(C)O.[NaH].[NaH]. The van der Waals surface area contributed by atoms with E-state index < -0.39 is 31.3 Å². The van der Waals surface area contributed by atoms with Crippen LogP contribution < -0.4 is 0 Å². The van der Waals surface area contributed by atoms with Gasteiger partial charge in [0, 0.05) is 19.5 Å². The van der Waals surface area contributed by atoms with Crippen molar-refractivity contribution < 1.29 is 29.7 Å². The number of rotatable bonds is 23. The summed E-state index contributed by atoms with van der Waals surface area (Å²) >= 11 is 0. The molecular formula is C26H50N2Na2O6. The van der Waals surface area contributed by atoms with Crippen LogP contribution in [-0.2, 0) is 14.4 Å². The van der Waals surface area contributed by atoms with Crippen LogP contribution in [0.1, 0.15) is 104 Å². The molecule has 8 nitrogen and oxygen atoms in total. The Hall–Kier alpha value is 0.0700. The summed E-state index contributed by atoms with van der Waals surface area (Å²) in [7, 11) is 0. The molecule has 0 aromatic rings. The van der Waals surface area contributed by atoms with Crippen LogP contribution in [0.25, 0.3) is 0 Å². The van der Waals surface area contributed by atoms with Gasteiger partial charge in [0.25, 0.3) is 0 Å². The van der Waals surface area contributed by atoms with Crippen LogP contribution in [0, 0.1) is 0 Å². The summed E-state index contributed by atoms with van der Waals surface area (Å²) in [5.41, 5.74) is 0. The number of carbonyl (C=O) groups excluding carboxylic acids is 1. The number of aliphatic hydroxyl groups is 1. The molecule has 0 rings (SSSR count). The summed E-state index contributed by atoms with van der Waals surface area (Å²) in [4.78, 5) is 36.8. The number of amides is 1. The predicted molar refractivity (Wildman–Crippen MR) is 149 cm³/mol. The first-order chi connectivity index (χ1) is 16.3. The normalized spacial score (nSPS) is 11.7. The topological polar surface area (TPSA) is 118 Å². The van der Waals surface area contributed by atoms with E-state index in [1.807, 2.05) is 0 Å². The zero-order valence-corrected chi connectivity index (χ0v) is 21.4. The second kappa shape index (κ2) is 28.1. The van der Waals surface area contributed by atoms with E-state index in [0.717, 1.165) is 38.5 Å². The third kappa shape index (κ3) is 25.7. The monoisotopic (exact) mass is 532 g/mol. The molecule has 0 heterocycles. The Morgan fingerprint density at radius 3 is 1.61 bits per heavy atom. The molecule has 0 saturated carbocycles. The molecule has 0 saturated heterocycles. The molecule has 0 aliphatic heterocycles. The molecule has 0 aliphatic rings. The van der Waals surface area contributed by atoms with E-state index in [2.05, 4.69) is 19.1 Å². The van der Waals surface area contributed by atoms with E-state index in [4.69, 9.17) is 10.2 Å². The molecule has 1 unspecified atom stereocenters. The molecule has 0 aromatic heterocycles. The van der Waals surface area contributed by atoms with Crippen LogP contribution in [0.2, 0.25) is 0 Å². The van der Waals surface area contributed by atoms with E-state index in [-0.39, 0.29) is 78.1 Å². The number of aliphatic hydroxyl groups excluding tert-OH is 1. The molecule has 1 amide bonds. The van der Waals surface area contributed by atoms with E-state index in [9.17, 15) is 19.5 Å². The first kappa shape index (κ1) is 40.6. The van der Waals surface area contributed by atoms with Gasteiger partial charge in [-0.3, -0.25) is 19.3 Å². The number of carboxylic acid groups (broad SMARTS) is 2. The molecule has 3 N–H and O–H groups in total. The standard InChI is InChI=1S/C26H48N2O6.2Na.2H/c1-3-4-5-6-7-8-9-10-11-12-13-14-15-16-17-18-24(30)28(23(2)29)20-19-27(21-25(31)32)22-26(33)34;;;;/h10-11,23,29H,3-9,12-22H2,1-2H3,(H,31,32)(H,33,34);;;;/b11-10-;;;;. The first-order valence-electron chi connectivity index (χ1n) is 13.1. The molecule has 36 heavy (non-hydrogen) atoms.